The van der Waals surface area contributed by atoms with Crippen molar-refractivity contribution in [2.75, 3.05) is 31.6 Å². The third kappa shape index (κ3) is 5.67. The lowest BCUT2D eigenvalue weighted by Gasteiger charge is -2.35. The highest BCUT2D eigenvalue weighted by atomic mass is 32.2. The van der Waals surface area contributed by atoms with Crippen LogP contribution < -0.4 is 5.32 Å². The minimum atomic E-state index is -2.89. The van der Waals surface area contributed by atoms with E-state index in [1.807, 2.05) is 6.92 Å². The van der Waals surface area contributed by atoms with Crippen LogP contribution in [0, 0.1) is 5.92 Å². The number of hydrogen-bond acceptors (Lipinski definition) is 4. The fraction of sp³-hybridized carbons (Fsp3) is 1.00. The van der Waals surface area contributed by atoms with Crippen molar-refractivity contribution >= 4 is 9.84 Å². The Labute approximate surface area is 112 Å². The second kappa shape index (κ2) is 6.87. The van der Waals surface area contributed by atoms with Crippen LogP contribution in [0.4, 0.5) is 0 Å². The molecule has 1 fully saturated rings. The zero-order valence-electron chi connectivity index (χ0n) is 12.1. The van der Waals surface area contributed by atoms with Crippen molar-refractivity contribution in [2.45, 2.75) is 45.7 Å². The van der Waals surface area contributed by atoms with E-state index in [9.17, 15) is 8.42 Å². The number of sulfone groups is 1. The molecular formula is C13H28N2O2S. The van der Waals surface area contributed by atoms with Crippen molar-refractivity contribution in [1.82, 2.24) is 10.2 Å². The van der Waals surface area contributed by atoms with Gasteiger partial charge in [0.25, 0.3) is 0 Å². The number of rotatable bonds is 4. The van der Waals surface area contributed by atoms with Gasteiger partial charge in [0.05, 0.1) is 5.75 Å². The van der Waals surface area contributed by atoms with Gasteiger partial charge in [0.1, 0.15) is 9.84 Å². The van der Waals surface area contributed by atoms with Crippen LogP contribution in [0.1, 0.15) is 33.6 Å². The minimum Gasteiger partial charge on any atom is -0.314 e. The third-order valence-corrected chi connectivity index (χ3v) is 4.81. The van der Waals surface area contributed by atoms with Crippen molar-refractivity contribution in [3.05, 3.63) is 0 Å². The van der Waals surface area contributed by atoms with Gasteiger partial charge in [-0.2, -0.15) is 0 Å². The Morgan fingerprint density at radius 2 is 2.11 bits per heavy atom. The molecule has 1 N–H and O–H groups in total. The Kier molecular flexibility index (Phi) is 6.08. The SMILES string of the molecule is CCC1CCN(C(C)CS(C)(=O)=O)CC(C)CN1. The number of hydrogen-bond donors (Lipinski definition) is 1. The molecule has 1 rings (SSSR count). The average molecular weight is 276 g/mol. The van der Waals surface area contributed by atoms with Crippen molar-refractivity contribution in [3.8, 4) is 0 Å². The molecular weight excluding hydrogens is 248 g/mol. The van der Waals surface area contributed by atoms with E-state index in [1.54, 1.807) is 0 Å². The van der Waals surface area contributed by atoms with Gasteiger partial charge in [0.2, 0.25) is 0 Å². The fourth-order valence-electron chi connectivity index (χ4n) is 2.64. The molecule has 3 unspecified atom stereocenters. The second-order valence-electron chi connectivity index (χ2n) is 5.84. The summed E-state index contributed by atoms with van der Waals surface area (Å²) in [5, 5.41) is 3.58. The maximum absolute atomic E-state index is 11.4. The van der Waals surface area contributed by atoms with Gasteiger partial charge in [0, 0.05) is 24.9 Å². The Morgan fingerprint density at radius 3 is 2.67 bits per heavy atom. The molecule has 0 aromatic rings. The van der Waals surface area contributed by atoms with Crippen LogP contribution in [-0.2, 0) is 9.84 Å². The first-order valence-corrected chi connectivity index (χ1v) is 9.03. The van der Waals surface area contributed by atoms with Crippen molar-refractivity contribution < 1.29 is 8.42 Å². The Balaban J connectivity index is 2.61. The topological polar surface area (TPSA) is 49.4 Å². The van der Waals surface area contributed by atoms with Crippen LogP contribution in [0.25, 0.3) is 0 Å². The zero-order chi connectivity index (χ0) is 13.8. The summed E-state index contributed by atoms with van der Waals surface area (Å²) in [6.45, 7) is 9.47. The highest BCUT2D eigenvalue weighted by Gasteiger charge is 2.23. The Hall–Kier alpha value is -0.130. The molecule has 1 saturated heterocycles. The maximum atomic E-state index is 11.4. The summed E-state index contributed by atoms with van der Waals surface area (Å²) in [6.07, 6.45) is 3.58. The molecule has 0 radical (unpaired) electrons. The predicted octanol–water partition coefficient (Wildman–Crippen LogP) is 1.13. The first-order chi connectivity index (χ1) is 8.31. The molecule has 1 aliphatic heterocycles. The first kappa shape index (κ1) is 15.9. The summed E-state index contributed by atoms with van der Waals surface area (Å²) in [5.74, 6) is 0.839. The van der Waals surface area contributed by atoms with Crippen LogP contribution in [-0.4, -0.2) is 57.0 Å². The molecule has 0 aliphatic carbocycles. The van der Waals surface area contributed by atoms with Crippen LogP contribution in [0.5, 0.6) is 0 Å². The van der Waals surface area contributed by atoms with E-state index in [0.29, 0.717) is 12.0 Å². The van der Waals surface area contributed by atoms with Gasteiger partial charge < -0.3 is 5.32 Å². The van der Waals surface area contributed by atoms with Gasteiger partial charge in [-0.05, 0) is 38.8 Å². The van der Waals surface area contributed by atoms with Crippen LogP contribution in [0.3, 0.4) is 0 Å². The molecule has 3 atom stereocenters. The van der Waals surface area contributed by atoms with E-state index >= 15 is 0 Å². The molecule has 0 bridgehead atoms. The van der Waals surface area contributed by atoms with Crippen molar-refractivity contribution in [2.24, 2.45) is 5.92 Å². The Bertz CT molecular complexity index is 343. The van der Waals surface area contributed by atoms with Gasteiger partial charge in [-0.3, -0.25) is 4.90 Å². The van der Waals surface area contributed by atoms with Gasteiger partial charge in [0.15, 0.2) is 0 Å². The molecule has 18 heavy (non-hydrogen) atoms. The van der Waals surface area contributed by atoms with E-state index in [1.165, 1.54) is 6.26 Å². The van der Waals surface area contributed by atoms with E-state index in [-0.39, 0.29) is 11.8 Å². The third-order valence-electron chi connectivity index (χ3n) is 3.73. The van der Waals surface area contributed by atoms with Gasteiger partial charge >= 0.3 is 0 Å². The fourth-order valence-corrected chi connectivity index (χ4v) is 3.73. The predicted molar refractivity (Wildman–Crippen MR) is 76.6 cm³/mol. The summed E-state index contributed by atoms with van der Waals surface area (Å²) in [4.78, 5) is 2.34. The molecule has 0 spiro atoms. The zero-order valence-corrected chi connectivity index (χ0v) is 13.0. The molecule has 0 aromatic heterocycles. The van der Waals surface area contributed by atoms with Crippen molar-refractivity contribution in [3.63, 3.8) is 0 Å². The quantitative estimate of drug-likeness (QED) is 0.836. The normalized spacial score (nSPS) is 29.6. The van der Waals surface area contributed by atoms with E-state index in [2.05, 4.69) is 24.1 Å². The summed E-state index contributed by atoms with van der Waals surface area (Å²) < 4.78 is 22.8. The van der Waals surface area contributed by atoms with E-state index < -0.39 is 9.84 Å². The highest BCUT2D eigenvalue weighted by molar-refractivity contribution is 7.90. The second-order valence-corrected chi connectivity index (χ2v) is 8.03. The average Bonchev–Trinajstić information content (AvgIpc) is 2.21. The van der Waals surface area contributed by atoms with Gasteiger partial charge in [-0.15, -0.1) is 0 Å². The molecule has 0 saturated carbocycles. The molecule has 5 heteroatoms. The molecule has 0 aromatic carbocycles. The number of nitrogens with one attached hydrogen (secondary N) is 1. The summed E-state index contributed by atoms with van der Waals surface area (Å²) in [7, 11) is -2.89. The lowest BCUT2D eigenvalue weighted by molar-refractivity contribution is 0.163. The smallest absolute Gasteiger partial charge is 0.148 e. The molecule has 108 valence electrons. The maximum Gasteiger partial charge on any atom is 0.148 e. The summed E-state index contributed by atoms with van der Waals surface area (Å²) in [5.41, 5.74) is 0. The molecule has 1 aliphatic rings. The van der Waals surface area contributed by atoms with E-state index in [0.717, 1.165) is 32.5 Å². The van der Waals surface area contributed by atoms with Crippen LogP contribution in [0.2, 0.25) is 0 Å². The Morgan fingerprint density at radius 1 is 1.44 bits per heavy atom. The highest BCUT2D eigenvalue weighted by Crippen LogP contribution is 2.13. The van der Waals surface area contributed by atoms with Crippen LogP contribution in [0.15, 0.2) is 0 Å². The minimum absolute atomic E-state index is 0.123. The van der Waals surface area contributed by atoms with Gasteiger partial charge in [-0.25, -0.2) is 8.42 Å². The lowest BCUT2D eigenvalue weighted by atomic mass is 10.0. The summed E-state index contributed by atoms with van der Waals surface area (Å²) >= 11 is 0. The van der Waals surface area contributed by atoms with Gasteiger partial charge in [-0.1, -0.05) is 13.8 Å². The standard InChI is InChI=1S/C13H28N2O2S/c1-5-13-6-7-15(9-11(2)8-14-13)12(3)10-18(4,16)17/h11-14H,5-10H2,1-4H3. The molecule has 1 heterocycles. The lowest BCUT2D eigenvalue weighted by Crippen LogP contribution is -2.47. The molecule has 4 nitrogen and oxygen atoms in total. The monoisotopic (exact) mass is 276 g/mol. The van der Waals surface area contributed by atoms with Crippen molar-refractivity contribution in [1.29, 1.82) is 0 Å². The number of nitrogens with zero attached hydrogens (tertiary/aromatic N) is 1. The van der Waals surface area contributed by atoms with Crippen LogP contribution >= 0.6 is 0 Å². The first-order valence-electron chi connectivity index (χ1n) is 6.97. The van der Waals surface area contributed by atoms with E-state index in [4.69, 9.17) is 0 Å². The summed E-state index contributed by atoms with van der Waals surface area (Å²) in [6, 6.07) is 0.693. The largest absolute Gasteiger partial charge is 0.314 e. The molecule has 0 amide bonds.